The molecule has 12 heteroatoms. The van der Waals surface area contributed by atoms with Crippen LogP contribution in [0, 0.1) is 5.92 Å². The van der Waals surface area contributed by atoms with Crippen molar-refractivity contribution >= 4 is 22.6 Å². The molecular formula is C25H45FN2O7Si2. The number of esters is 1. The molecule has 212 valence electrons. The van der Waals surface area contributed by atoms with Gasteiger partial charge in [0.25, 0.3) is 11.4 Å². The molecule has 1 saturated heterocycles. The molecular weight excluding hydrogens is 515 g/mol. The summed E-state index contributed by atoms with van der Waals surface area (Å²) in [5.41, 5.74) is -1.31. The minimum absolute atomic E-state index is 0.454. The number of hydrogen-bond donors (Lipinski definition) is 1. The standard InChI is InChI=1S/C25H45FN2O7Si2/c1-9-36(10-2,11-3)34-20-21(35-37(12-4,13-5)14-6)25(26,17-32-23(30)18(7)8)33-22(20)28-16-15-19(29)27-24(28)31/h15-16,18,20-22H,9-14,17H2,1-8H3,(H,27,29,31)/t20-,21+,22-,25-/m1/s1. The Labute approximate surface area is 221 Å². The van der Waals surface area contributed by atoms with Gasteiger partial charge in [0, 0.05) is 12.3 Å². The van der Waals surface area contributed by atoms with Crippen LogP contribution in [0.2, 0.25) is 36.3 Å². The van der Waals surface area contributed by atoms with Crippen LogP contribution in [0.25, 0.3) is 0 Å². The first kappa shape index (κ1) is 31.6. The van der Waals surface area contributed by atoms with Crippen LogP contribution in [0.5, 0.6) is 0 Å². The molecule has 2 heterocycles. The number of carbonyl (C=O) groups excluding carboxylic acids is 1. The van der Waals surface area contributed by atoms with E-state index in [1.165, 1.54) is 12.3 Å². The van der Waals surface area contributed by atoms with Gasteiger partial charge < -0.3 is 18.3 Å². The third kappa shape index (κ3) is 6.89. The quantitative estimate of drug-likeness (QED) is 0.259. The molecule has 0 aromatic carbocycles. The lowest BCUT2D eigenvalue weighted by Gasteiger charge is -2.40. The second-order valence-electron chi connectivity index (χ2n) is 10.2. The Hall–Kier alpha value is -1.61. The monoisotopic (exact) mass is 560 g/mol. The molecule has 1 fully saturated rings. The smallest absolute Gasteiger partial charge is 0.330 e. The molecule has 0 amide bonds. The number of hydrogen-bond acceptors (Lipinski definition) is 7. The summed E-state index contributed by atoms with van der Waals surface area (Å²) in [5, 5.41) is 0. The molecule has 2 rings (SSSR count). The number of ether oxygens (including phenoxy) is 2. The second-order valence-corrected chi connectivity index (χ2v) is 19.6. The molecule has 0 bridgehead atoms. The molecule has 9 nitrogen and oxygen atoms in total. The van der Waals surface area contributed by atoms with Crippen LogP contribution < -0.4 is 11.2 Å². The number of aromatic nitrogens is 2. The van der Waals surface area contributed by atoms with Crippen LogP contribution in [0.3, 0.4) is 0 Å². The van der Waals surface area contributed by atoms with E-state index in [-0.39, 0.29) is 0 Å². The Balaban J connectivity index is 2.70. The van der Waals surface area contributed by atoms with Crippen LogP contribution in [-0.2, 0) is 23.1 Å². The SMILES string of the molecule is CC[Si](CC)(CC)O[C@H]1[C@H](n2ccc(=O)[nH]c2=O)O[C@](F)(COC(=O)C(C)C)[C@H]1O[Si](CC)(CC)CC. The highest BCUT2D eigenvalue weighted by Gasteiger charge is 2.62. The maximum atomic E-state index is 17.0. The highest BCUT2D eigenvalue weighted by Crippen LogP contribution is 2.46. The van der Waals surface area contributed by atoms with Crippen molar-refractivity contribution in [3.8, 4) is 0 Å². The van der Waals surface area contributed by atoms with Crippen molar-refractivity contribution < 1.29 is 27.5 Å². The van der Waals surface area contributed by atoms with Gasteiger partial charge in [-0.1, -0.05) is 55.4 Å². The van der Waals surface area contributed by atoms with Crippen molar-refractivity contribution in [2.45, 2.75) is 116 Å². The van der Waals surface area contributed by atoms with Crippen molar-refractivity contribution in [3.05, 3.63) is 33.1 Å². The van der Waals surface area contributed by atoms with Crippen molar-refractivity contribution in [3.63, 3.8) is 0 Å². The molecule has 1 aliphatic rings. The second kappa shape index (κ2) is 13.0. The van der Waals surface area contributed by atoms with E-state index in [4.69, 9.17) is 18.3 Å². The van der Waals surface area contributed by atoms with Gasteiger partial charge in [0.2, 0.25) is 0 Å². The number of aromatic amines is 1. The lowest BCUT2D eigenvalue weighted by Crippen LogP contribution is -2.55. The van der Waals surface area contributed by atoms with E-state index >= 15 is 4.39 Å². The number of nitrogens with zero attached hydrogens (tertiary/aromatic N) is 1. The predicted molar refractivity (Wildman–Crippen MR) is 145 cm³/mol. The van der Waals surface area contributed by atoms with Gasteiger partial charge >= 0.3 is 11.7 Å². The van der Waals surface area contributed by atoms with Gasteiger partial charge in [0.1, 0.15) is 12.2 Å². The molecule has 0 spiro atoms. The largest absolute Gasteiger partial charge is 0.459 e. The minimum atomic E-state index is -2.55. The van der Waals surface area contributed by atoms with Crippen molar-refractivity contribution in [1.82, 2.24) is 9.55 Å². The zero-order chi connectivity index (χ0) is 28.0. The minimum Gasteiger partial charge on any atom is -0.459 e. The zero-order valence-corrected chi connectivity index (χ0v) is 25.6. The lowest BCUT2D eigenvalue weighted by atomic mass is 10.1. The fourth-order valence-electron chi connectivity index (χ4n) is 4.86. The third-order valence-corrected chi connectivity index (χ3v) is 17.2. The number of H-pyrrole nitrogens is 1. The zero-order valence-electron chi connectivity index (χ0n) is 23.6. The van der Waals surface area contributed by atoms with Crippen LogP contribution in [-0.4, -0.2) is 56.8 Å². The third-order valence-electron chi connectivity index (χ3n) is 7.96. The van der Waals surface area contributed by atoms with Crippen LogP contribution in [0.15, 0.2) is 21.9 Å². The Kier molecular flexibility index (Phi) is 11.1. The van der Waals surface area contributed by atoms with Crippen LogP contribution in [0.1, 0.15) is 61.6 Å². The van der Waals surface area contributed by atoms with Gasteiger partial charge in [-0.15, -0.1) is 0 Å². The van der Waals surface area contributed by atoms with E-state index < -0.39 is 70.7 Å². The summed E-state index contributed by atoms with van der Waals surface area (Å²) in [4.78, 5) is 39.1. The lowest BCUT2D eigenvalue weighted by molar-refractivity contribution is -0.215. The molecule has 37 heavy (non-hydrogen) atoms. The van der Waals surface area contributed by atoms with E-state index in [2.05, 4.69) is 25.8 Å². The molecule has 4 atom stereocenters. The van der Waals surface area contributed by atoms with Gasteiger partial charge in [-0.25, -0.2) is 9.18 Å². The molecule has 0 radical (unpaired) electrons. The van der Waals surface area contributed by atoms with E-state index in [1.54, 1.807) is 13.8 Å². The first-order valence-corrected chi connectivity index (χ1v) is 18.7. The first-order chi connectivity index (χ1) is 17.4. The van der Waals surface area contributed by atoms with Gasteiger partial charge in [-0.05, 0) is 36.3 Å². The van der Waals surface area contributed by atoms with Crippen LogP contribution >= 0.6 is 0 Å². The van der Waals surface area contributed by atoms with Gasteiger partial charge in [0.05, 0.1) is 5.92 Å². The molecule has 0 aliphatic carbocycles. The van der Waals surface area contributed by atoms with Gasteiger partial charge in [0.15, 0.2) is 29.5 Å². The average molecular weight is 561 g/mol. The number of carbonyl (C=O) groups is 1. The predicted octanol–water partition coefficient (Wildman–Crippen LogP) is 4.71. The Morgan fingerprint density at radius 1 is 1.03 bits per heavy atom. The molecule has 1 aromatic heterocycles. The van der Waals surface area contributed by atoms with Crippen molar-refractivity contribution in [2.75, 3.05) is 6.61 Å². The molecule has 0 unspecified atom stereocenters. The van der Waals surface area contributed by atoms with E-state index in [9.17, 15) is 14.4 Å². The summed E-state index contributed by atoms with van der Waals surface area (Å²) in [6, 6.07) is 5.81. The van der Waals surface area contributed by atoms with E-state index in [0.29, 0.717) is 0 Å². The summed E-state index contributed by atoms with van der Waals surface area (Å²) in [6.45, 7) is 14.9. The highest BCUT2D eigenvalue weighted by atomic mass is 28.4. The molecule has 1 N–H and O–H groups in total. The number of rotatable bonds is 14. The van der Waals surface area contributed by atoms with E-state index in [1.807, 2.05) is 20.8 Å². The van der Waals surface area contributed by atoms with Gasteiger partial charge in [-0.3, -0.25) is 19.1 Å². The number of halogens is 1. The van der Waals surface area contributed by atoms with Gasteiger partial charge in [-0.2, -0.15) is 0 Å². The van der Waals surface area contributed by atoms with Crippen molar-refractivity contribution in [2.24, 2.45) is 5.92 Å². The Morgan fingerprint density at radius 3 is 2.00 bits per heavy atom. The van der Waals surface area contributed by atoms with E-state index in [0.717, 1.165) is 40.8 Å². The van der Waals surface area contributed by atoms with Crippen LogP contribution in [0.4, 0.5) is 4.39 Å². The topological polar surface area (TPSA) is 109 Å². The average Bonchev–Trinajstić information content (AvgIpc) is 3.14. The maximum absolute atomic E-state index is 17.0. The fourth-order valence-corrected chi connectivity index (χ4v) is 10.5. The summed E-state index contributed by atoms with van der Waals surface area (Å²) in [5.74, 6) is -3.57. The summed E-state index contributed by atoms with van der Waals surface area (Å²) >= 11 is 0. The normalized spacial score (nSPS) is 24.5. The molecule has 1 aromatic rings. The maximum Gasteiger partial charge on any atom is 0.330 e. The summed E-state index contributed by atoms with van der Waals surface area (Å²) < 4.78 is 42.9. The first-order valence-electron chi connectivity index (χ1n) is 13.6. The molecule has 0 saturated carbocycles. The Morgan fingerprint density at radius 2 is 1.54 bits per heavy atom. The molecule has 1 aliphatic heterocycles. The summed E-state index contributed by atoms with van der Waals surface area (Å²) in [6.07, 6.45) is -2.14. The number of nitrogens with one attached hydrogen (secondary N) is 1. The number of alkyl halides is 1. The Bertz CT molecular complexity index is 993. The van der Waals surface area contributed by atoms with Crippen molar-refractivity contribution in [1.29, 1.82) is 0 Å². The summed E-state index contributed by atoms with van der Waals surface area (Å²) in [7, 11) is -4.78. The highest BCUT2D eigenvalue weighted by molar-refractivity contribution is 6.74. The fraction of sp³-hybridized carbons (Fsp3) is 0.800.